The van der Waals surface area contributed by atoms with Gasteiger partial charge in [-0.15, -0.1) is 0 Å². The molecule has 2 N–H and O–H groups in total. The van der Waals surface area contributed by atoms with E-state index >= 15 is 0 Å². The Morgan fingerprint density at radius 3 is 2.45 bits per heavy atom. The number of amides is 2. The van der Waals surface area contributed by atoms with Crippen LogP contribution in [-0.2, 0) is 4.79 Å². The van der Waals surface area contributed by atoms with Gasteiger partial charge in [0.1, 0.15) is 5.54 Å². The minimum Gasteiger partial charge on any atom is -0.480 e. The molecule has 1 atom stereocenters. The number of carboxylic acid groups (broad SMARTS) is 1. The molecule has 0 aromatic carbocycles. The molecule has 6 heteroatoms. The summed E-state index contributed by atoms with van der Waals surface area (Å²) in [6, 6.07) is 0.139. The molecular formula is C14H25N3O3. The Morgan fingerprint density at radius 1 is 1.25 bits per heavy atom. The van der Waals surface area contributed by atoms with Crippen molar-refractivity contribution in [2.24, 2.45) is 0 Å². The van der Waals surface area contributed by atoms with Gasteiger partial charge in [-0.1, -0.05) is 12.8 Å². The van der Waals surface area contributed by atoms with E-state index in [0.717, 1.165) is 25.7 Å². The number of aliphatic carboxylic acids is 1. The summed E-state index contributed by atoms with van der Waals surface area (Å²) < 4.78 is 0. The van der Waals surface area contributed by atoms with Crippen molar-refractivity contribution in [3.05, 3.63) is 0 Å². The van der Waals surface area contributed by atoms with Crippen LogP contribution in [0.25, 0.3) is 0 Å². The maximum absolute atomic E-state index is 12.4. The smallest absolute Gasteiger partial charge is 0.329 e. The SMILES string of the molecule is CN(C)C1CCCN(C(=O)NC2(C(=O)O)CCCC2)C1. The third-order valence-electron chi connectivity index (χ3n) is 4.63. The van der Waals surface area contributed by atoms with Crippen LogP contribution in [0, 0.1) is 0 Å². The topological polar surface area (TPSA) is 72.9 Å². The lowest BCUT2D eigenvalue weighted by Crippen LogP contribution is -2.59. The summed E-state index contributed by atoms with van der Waals surface area (Å²) in [5.74, 6) is -0.899. The third-order valence-corrected chi connectivity index (χ3v) is 4.63. The van der Waals surface area contributed by atoms with Gasteiger partial charge in [0, 0.05) is 19.1 Å². The number of hydrogen-bond donors (Lipinski definition) is 2. The van der Waals surface area contributed by atoms with Crippen molar-refractivity contribution >= 4 is 12.0 Å². The minimum absolute atomic E-state index is 0.221. The van der Waals surface area contributed by atoms with Crippen LogP contribution in [0.2, 0.25) is 0 Å². The van der Waals surface area contributed by atoms with E-state index < -0.39 is 11.5 Å². The molecule has 1 unspecified atom stereocenters. The summed E-state index contributed by atoms with van der Waals surface area (Å²) in [4.78, 5) is 27.7. The van der Waals surface area contributed by atoms with E-state index in [4.69, 9.17) is 0 Å². The Hall–Kier alpha value is -1.30. The number of carbonyl (C=O) groups is 2. The summed E-state index contributed by atoms with van der Waals surface area (Å²) >= 11 is 0. The van der Waals surface area contributed by atoms with Crippen LogP contribution in [0.15, 0.2) is 0 Å². The monoisotopic (exact) mass is 283 g/mol. The molecule has 1 aliphatic heterocycles. The highest BCUT2D eigenvalue weighted by Crippen LogP contribution is 2.30. The summed E-state index contributed by atoms with van der Waals surface area (Å²) in [6.45, 7) is 1.39. The molecule has 0 aromatic heterocycles. The molecular weight excluding hydrogens is 258 g/mol. The second-order valence-electron chi connectivity index (χ2n) is 6.23. The number of urea groups is 1. The lowest BCUT2D eigenvalue weighted by molar-refractivity contribution is -0.144. The van der Waals surface area contributed by atoms with Gasteiger partial charge in [0.2, 0.25) is 0 Å². The zero-order valence-electron chi connectivity index (χ0n) is 12.4. The number of nitrogens with zero attached hydrogens (tertiary/aromatic N) is 2. The molecule has 6 nitrogen and oxygen atoms in total. The number of likely N-dealkylation sites (N-methyl/N-ethyl adjacent to an activating group) is 1. The van der Waals surface area contributed by atoms with Gasteiger partial charge >= 0.3 is 12.0 Å². The first-order chi connectivity index (χ1) is 9.44. The summed E-state index contributed by atoms with van der Waals surface area (Å²) in [6.07, 6.45) is 4.87. The zero-order valence-corrected chi connectivity index (χ0v) is 12.4. The fourth-order valence-corrected chi connectivity index (χ4v) is 3.22. The molecule has 1 heterocycles. The fourth-order valence-electron chi connectivity index (χ4n) is 3.22. The van der Waals surface area contributed by atoms with Gasteiger partial charge in [0.05, 0.1) is 0 Å². The van der Waals surface area contributed by atoms with Crippen molar-refractivity contribution in [2.75, 3.05) is 27.2 Å². The van der Waals surface area contributed by atoms with Crippen LogP contribution in [-0.4, -0.2) is 65.7 Å². The number of carboxylic acids is 1. The Labute approximate surface area is 120 Å². The van der Waals surface area contributed by atoms with E-state index in [9.17, 15) is 14.7 Å². The molecule has 1 aliphatic carbocycles. The second kappa shape index (κ2) is 5.99. The zero-order chi connectivity index (χ0) is 14.8. The molecule has 0 spiro atoms. The third kappa shape index (κ3) is 3.06. The number of rotatable bonds is 3. The number of nitrogens with one attached hydrogen (secondary N) is 1. The van der Waals surface area contributed by atoms with E-state index in [1.807, 2.05) is 14.1 Å². The first-order valence-electron chi connectivity index (χ1n) is 7.41. The van der Waals surface area contributed by atoms with Crippen LogP contribution in [0.1, 0.15) is 38.5 Å². The second-order valence-corrected chi connectivity index (χ2v) is 6.23. The predicted molar refractivity (Wildman–Crippen MR) is 75.6 cm³/mol. The highest BCUT2D eigenvalue weighted by molar-refractivity contribution is 5.86. The molecule has 20 heavy (non-hydrogen) atoms. The first kappa shape index (κ1) is 15.1. The summed E-state index contributed by atoms with van der Waals surface area (Å²) in [5.41, 5.74) is -1.04. The van der Waals surface area contributed by atoms with Crippen molar-refractivity contribution in [3.63, 3.8) is 0 Å². The van der Waals surface area contributed by atoms with E-state index in [0.29, 0.717) is 32.0 Å². The summed E-state index contributed by atoms with van der Waals surface area (Å²) in [5, 5.41) is 12.2. The maximum atomic E-state index is 12.4. The molecule has 1 saturated carbocycles. The van der Waals surface area contributed by atoms with Crippen molar-refractivity contribution in [3.8, 4) is 0 Å². The Bertz CT molecular complexity index is 378. The number of piperidine rings is 1. The Morgan fingerprint density at radius 2 is 1.90 bits per heavy atom. The maximum Gasteiger partial charge on any atom is 0.329 e. The fraction of sp³-hybridized carbons (Fsp3) is 0.857. The van der Waals surface area contributed by atoms with Gasteiger partial charge in [-0.25, -0.2) is 9.59 Å². The largest absolute Gasteiger partial charge is 0.480 e. The van der Waals surface area contributed by atoms with Crippen LogP contribution in [0.5, 0.6) is 0 Å². The van der Waals surface area contributed by atoms with Crippen LogP contribution in [0.3, 0.4) is 0 Å². The number of carbonyl (C=O) groups excluding carboxylic acids is 1. The van der Waals surface area contributed by atoms with Crippen LogP contribution < -0.4 is 5.32 Å². The van der Waals surface area contributed by atoms with Gasteiger partial charge in [0.25, 0.3) is 0 Å². The quantitative estimate of drug-likeness (QED) is 0.814. The molecule has 0 radical (unpaired) electrons. The van der Waals surface area contributed by atoms with E-state index in [2.05, 4.69) is 10.2 Å². The standard InChI is InChI=1S/C14H25N3O3/c1-16(2)11-6-5-9-17(10-11)13(20)15-14(12(18)19)7-3-4-8-14/h11H,3-10H2,1-2H3,(H,15,20)(H,18,19). The molecule has 2 rings (SSSR count). The molecule has 0 aromatic rings. The van der Waals surface area contributed by atoms with E-state index in [-0.39, 0.29) is 6.03 Å². The van der Waals surface area contributed by atoms with Gasteiger partial charge in [-0.3, -0.25) is 0 Å². The highest BCUT2D eigenvalue weighted by Gasteiger charge is 2.43. The molecule has 1 saturated heterocycles. The minimum atomic E-state index is -1.04. The van der Waals surface area contributed by atoms with Crippen molar-refractivity contribution in [1.29, 1.82) is 0 Å². The van der Waals surface area contributed by atoms with Crippen molar-refractivity contribution < 1.29 is 14.7 Å². The predicted octanol–water partition coefficient (Wildman–Crippen LogP) is 1.12. The lowest BCUT2D eigenvalue weighted by Gasteiger charge is -2.38. The van der Waals surface area contributed by atoms with Crippen LogP contribution in [0.4, 0.5) is 4.79 Å². The average molecular weight is 283 g/mol. The molecule has 2 fully saturated rings. The molecule has 0 bridgehead atoms. The van der Waals surface area contributed by atoms with Gasteiger partial charge in [-0.05, 0) is 39.8 Å². The van der Waals surface area contributed by atoms with E-state index in [1.54, 1.807) is 4.90 Å². The number of likely N-dealkylation sites (tertiary alicyclic amines) is 1. The van der Waals surface area contributed by atoms with Crippen molar-refractivity contribution in [1.82, 2.24) is 15.1 Å². The summed E-state index contributed by atoms with van der Waals surface area (Å²) in [7, 11) is 4.03. The normalized spacial score (nSPS) is 25.8. The first-order valence-corrected chi connectivity index (χ1v) is 7.41. The van der Waals surface area contributed by atoms with Gasteiger partial charge in [-0.2, -0.15) is 0 Å². The molecule has 2 amide bonds. The molecule has 114 valence electrons. The Balaban J connectivity index is 1.98. The highest BCUT2D eigenvalue weighted by atomic mass is 16.4. The number of hydrogen-bond acceptors (Lipinski definition) is 3. The van der Waals surface area contributed by atoms with Gasteiger partial charge < -0.3 is 20.2 Å². The molecule has 2 aliphatic rings. The van der Waals surface area contributed by atoms with E-state index in [1.165, 1.54) is 0 Å². The lowest BCUT2D eigenvalue weighted by atomic mass is 9.98. The van der Waals surface area contributed by atoms with Gasteiger partial charge in [0.15, 0.2) is 0 Å². The van der Waals surface area contributed by atoms with Crippen molar-refractivity contribution in [2.45, 2.75) is 50.1 Å². The van der Waals surface area contributed by atoms with Crippen LogP contribution >= 0.6 is 0 Å². The average Bonchev–Trinajstić information content (AvgIpc) is 2.88. The Kier molecular flexibility index (Phi) is 4.52.